The lowest BCUT2D eigenvalue weighted by Gasteiger charge is -2.15. The van der Waals surface area contributed by atoms with Crippen LogP contribution in [-0.2, 0) is 11.8 Å². The van der Waals surface area contributed by atoms with Gasteiger partial charge in [0, 0.05) is 12.6 Å². The Balaban J connectivity index is 1.89. The number of fused-ring (bicyclic) bond motifs is 1. The molecule has 0 aliphatic heterocycles. The van der Waals surface area contributed by atoms with Gasteiger partial charge in [0.2, 0.25) is 0 Å². The summed E-state index contributed by atoms with van der Waals surface area (Å²) in [5, 5.41) is 12.0. The zero-order chi connectivity index (χ0) is 17.3. The van der Waals surface area contributed by atoms with Gasteiger partial charge in [-0.1, -0.05) is 30.3 Å². The number of amides is 1. The predicted molar refractivity (Wildman–Crippen MR) is 89.7 cm³/mol. The molecule has 2 aromatic carbocycles. The number of aromatic nitrogens is 2. The van der Waals surface area contributed by atoms with Crippen molar-refractivity contribution in [3.63, 3.8) is 0 Å². The van der Waals surface area contributed by atoms with E-state index in [1.807, 2.05) is 24.6 Å². The van der Waals surface area contributed by atoms with Gasteiger partial charge in [0.05, 0.1) is 11.0 Å². The van der Waals surface area contributed by atoms with E-state index in [0.717, 1.165) is 11.3 Å². The van der Waals surface area contributed by atoms with Gasteiger partial charge in [-0.15, -0.1) is 0 Å². The fraction of sp³-hybridized carbons (Fsp3) is 0.167. The van der Waals surface area contributed by atoms with Crippen LogP contribution in [0.4, 0.5) is 0 Å². The van der Waals surface area contributed by atoms with Crippen LogP contribution in [-0.4, -0.2) is 26.5 Å². The fourth-order valence-electron chi connectivity index (χ4n) is 2.61. The highest BCUT2D eigenvalue weighted by Gasteiger charge is 2.22. The molecule has 24 heavy (non-hydrogen) atoms. The average Bonchev–Trinajstić information content (AvgIpc) is 2.86. The summed E-state index contributed by atoms with van der Waals surface area (Å²) in [6.07, 6.45) is 0. The van der Waals surface area contributed by atoms with Gasteiger partial charge in [0.25, 0.3) is 5.91 Å². The number of benzene rings is 2. The van der Waals surface area contributed by atoms with Crippen LogP contribution >= 0.6 is 0 Å². The fourth-order valence-corrected chi connectivity index (χ4v) is 2.61. The van der Waals surface area contributed by atoms with Gasteiger partial charge in [-0.05, 0) is 30.7 Å². The van der Waals surface area contributed by atoms with Crippen LogP contribution in [0.1, 0.15) is 27.8 Å². The molecule has 3 rings (SSSR count). The smallest absolute Gasteiger partial charge is 0.330 e. The SMILES string of the molecule is Cc1nc2cc(C(=O)NC(C(=O)O)c3ccccc3)ccc2n1C. The standard InChI is InChI=1S/C18H17N3O3/c1-11-19-14-10-13(8-9-15(14)21(11)2)17(22)20-16(18(23)24)12-6-4-3-5-7-12/h3-10,16H,1-2H3,(H,20,22)(H,23,24). The van der Waals surface area contributed by atoms with Gasteiger partial charge in [-0.3, -0.25) is 4.79 Å². The number of carboxylic acids is 1. The minimum atomic E-state index is -1.11. The van der Waals surface area contributed by atoms with Crippen LogP contribution in [0.25, 0.3) is 11.0 Å². The van der Waals surface area contributed by atoms with E-state index in [9.17, 15) is 14.7 Å². The minimum Gasteiger partial charge on any atom is -0.479 e. The third-order valence-electron chi connectivity index (χ3n) is 4.02. The molecule has 0 radical (unpaired) electrons. The Morgan fingerprint density at radius 3 is 2.54 bits per heavy atom. The number of hydrogen-bond donors (Lipinski definition) is 2. The summed E-state index contributed by atoms with van der Waals surface area (Å²) in [7, 11) is 1.90. The summed E-state index contributed by atoms with van der Waals surface area (Å²) in [5.74, 6) is -0.712. The number of carboxylic acid groups (broad SMARTS) is 1. The summed E-state index contributed by atoms with van der Waals surface area (Å²) >= 11 is 0. The number of carbonyl (C=O) groups is 2. The number of imidazole rings is 1. The summed E-state index contributed by atoms with van der Waals surface area (Å²) in [5.41, 5.74) is 2.52. The third kappa shape index (κ3) is 2.86. The summed E-state index contributed by atoms with van der Waals surface area (Å²) in [6, 6.07) is 12.7. The van der Waals surface area contributed by atoms with Crippen molar-refractivity contribution in [2.75, 3.05) is 0 Å². The maximum Gasteiger partial charge on any atom is 0.330 e. The summed E-state index contributed by atoms with van der Waals surface area (Å²) < 4.78 is 1.93. The van der Waals surface area contributed by atoms with Crippen LogP contribution in [0.5, 0.6) is 0 Å². The number of nitrogens with one attached hydrogen (secondary N) is 1. The van der Waals surface area contributed by atoms with Crippen molar-refractivity contribution in [1.82, 2.24) is 14.9 Å². The molecule has 0 bridgehead atoms. The Bertz CT molecular complexity index is 916. The normalized spacial score (nSPS) is 12.1. The predicted octanol–water partition coefficient (Wildman–Crippen LogP) is 2.44. The molecule has 1 atom stereocenters. The molecule has 1 aromatic heterocycles. The molecule has 0 saturated carbocycles. The lowest BCUT2D eigenvalue weighted by atomic mass is 10.1. The van der Waals surface area contributed by atoms with Gasteiger partial charge >= 0.3 is 5.97 Å². The zero-order valence-corrected chi connectivity index (χ0v) is 13.4. The highest BCUT2D eigenvalue weighted by Crippen LogP contribution is 2.18. The Hall–Kier alpha value is -3.15. The third-order valence-corrected chi connectivity index (χ3v) is 4.02. The molecule has 122 valence electrons. The van der Waals surface area contributed by atoms with Gasteiger partial charge in [-0.25, -0.2) is 9.78 Å². The molecule has 0 saturated heterocycles. The summed E-state index contributed by atoms with van der Waals surface area (Å²) in [4.78, 5) is 28.4. The topological polar surface area (TPSA) is 84.2 Å². The second-order valence-corrected chi connectivity index (χ2v) is 5.58. The average molecular weight is 323 g/mol. The molecule has 0 fully saturated rings. The highest BCUT2D eigenvalue weighted by molar-refractivity contribution is 5.99. The van der Waals surface area contributed by atoms with Crippen molar-refractivity contribution in [2.24, 2.45) is 7.05 Å². The molecule has 3 aromatic rings. The van der Waals surface area contributed by atoms with E-state index in [0.29, 0.717) is 16.6 Å². The van der Waals surface area contributed by atoms with E-state index in [-0.39, 0.29) is 0 Å². The number of rotatable bonds is 4. The Labute approximate surface area is 138 Å². The number of hydrogen-bond acceptors (Lipinski definition) is 3. The van der Waals surface area contributed by atoms with Crippen molar-refractivity contribution >= 4 is 22.9 Å². The monoisotopic (exact) mass is 323 g/mol. The van der Waals surface area contributed by atoms with Crippen LogP contribution in [0.3, 0.4) is 0 Å². The highest BCUT2D eigenvalue weighted by atomic mass is 16.4. The maximum atomic E-state index is 12.5. The lowest BCUT2D eigenvalue weighted by molar-refractivity contribution is -0.139. The first-order valence-corrected chi connectivity index (χ1v) is 7.49. The molecule has 0 aliphatic carbocycles. The van der Waals surface area contributed by atoms with Crippen LogP contribution in [0.2, 0.25) is 0 Å². The molecule has 1 heterocycles. The molecule has 6 heteroatoms. The van der Waals surface area contributed by atoms with E-state index in [4.69, 9.17) is 0 Å². The van der Waals surface area contributed by atoms with E-state index in [1.165, 1.54) is 0 Å². The van der Waals surface area contributed by atoms with E-state index in [2.05, 4.69) is 10.3 Å². The Morgan fingerprint density at radius 1 is 1.17 bits per heavy atom. The molecular weight excluding hydrogens is 306 g/mol. The van der Waals surface area contributed by atoms with E-state index in [1.54, 1.807) is 42.5 Å². The Kier molecular flexibility index (Phi) is 4.04. The molecular formula is C18H17N3O3. The number of carbonyl (C=O) groups excluding carboxylic acids is 1. The molecule has 0 spiro atoms. The first kappa shape index (κ1) is 15.7. The van der Waals surface area contributed by atoms with Gasteiger partial charge in [-0.2, -0.15) is 0 Å². The molecule has 1 amide bonds. The minimum absolute atomic E-state index is 0.378. The number of nitrogens with zero attached hydrogens (tertiary/aromatic N) is 2. The van der Waals surface area contributed by atoms with E-state index >= 15 is 0 Å². The molecule has 6 nitrogen and oxygen atoms in total. The van der Waals surface area contributed by atoms with E-state index < -0.39 is 17.9 Å². The van der Waals surface area contributed by atoms with Crippen molar-refractivity contribution in [3.05, 3.63) is 65.5 Å². The van der Waals surface area contributed by atoms with Crippen LogP contribution < -0.4 is 5.32 Å². The van der Waals surface area contributed by atoms with Gasteiger partial charge in [0.15, 0.2) is 6.04 Å². The quantitative estimate of drug-likeness (QED) is 0.772. The molecule has 0 aliphatic rings. The van der Waals surface area contributed by atoms with Crippen molar-refractivity contribution in [3.8, 4) is 0 Å². The largest absolute Gasteiger partial charge is 0.479 e. The Morgan fingerprint density at radius 2 is 1.88 bits per heavy atom. The van der Waals surface area contributed by atoms with Crippen molar-refractivity contribution in [2.45, 2.75) is 13.0 Å². The van der Waals surface area contributed by atoms with Gasteiger partial charge < -0.3 is 15.0 Å². The van der Waals surface area contributed by atoms with Crippen LogP contribution in [0.15, 0.2) is 48.5 Å². The first-order chi connectivity index (χ1) is 11.5. The zero-order valence-electron chi connectivity index (χ0n) is 13.4. The van der Waals surface area contributed by atoms with Crippen molar-refractivity contribution < 1.29 is 14.7 Å². The van der Waals surface area contributed by atoms with Gasteiger partial charge in [0.1, 0.15) is 5.82 Å². The lowest BCUT2D eigenvalue weighted by Crippen LogP contribution is -2.33. The second-order valence-electron chi connectivity index (χ2n) is 5.58. The number of aliphatic carboxylic acids is 1. The molecule has 1 unspecified atom stereocenters. The summed E-state index contributed by atoms with van der Waals surface area (Å²) in [6.45, 7) is 1.88. The maximum absolute atomic E-state index is 12.5. The molecule has 2 N–H and O–H groups in total. The second kappa shape index (κ2) is 6.16. The number of aryl methyl sites for hydroxylation is 2. The van der Waals surface area contributed by atoms with Crippen molar-refractivity contribution in [1.29, 1.82) is 0 Å². The van der Waals surface area contributed by atoms with Crippen LogP contribution in [0, 0.1) is 6.92 Å². The first-order valence-electron chi connectivity index (χ1n) is 7.49.